The van der Waals surface area contributed by atoms with E-state index in [-0.39, 0.29) is 0 Å². The van der Waals surface area contributed by atoms with E-state index in [1.165, 1.54) is 14.2 Å². The van der Waals surface area contributed by atoms with Crippen molar-refractivity contribution in [2.75, 3.05) is 0 Å². The van der Waals surface area contributed by atoms with E-state index in [0.29, 0.717) is 0 Å². The molecule has 0 spiro atoms. The minimum atomic E-state index is -8.15. The van der Waals surface area contributed by atoms with Gasteiger partial charge in [-0.05, 0) is 0 Å². The zero-order valence-corrected chi connectivity index (χ0v) is 18.1. The largest absolute Gasteiger partial charge is 0.527 e. The maximum absolute atomic E-state index is 13.3. The van der Waals surface area contributed by atoms with E-state index in [2.05, 4.69) is 0 Å². The van der Waals surface area contributed by atoms with Crippen molar-refractivity contribution in [1.82, 2.24) is 0 Å². The first kappa shape index (κ1) is 40.5. The van der Waals surface area contributed by atoms with Gasteiger partial charge in [0.25, 0.3) is 0 Å². The minimum Gasteiger partial charge on any atom is -0.243 e. The molecule has 0 aromatic heterocycles. The van der Waals surface area contributed by atoms with Gasteiger partial charge in [-0.15, -0.1) is 26.3 Å². The lowest BCUT2D eigenvalue weighted by Crippen LogP contribution is -2.58. The third kappa shape index (κ3) is 7.98. The molecule has 0 saturated carbocycles. The normalized spacial score (nSPS) is 17.2. The van der Waals surface area contributed by atoms with Gasteiger partial charge in [-0.1, -0.05) is 0 Å². The maximum Gasteiger partial charge on any atom is 0.527 e. The number of ether oxygens (including phenoxy) is 3. The summed E-state index contributed by atoms with van der Waals surface area (Å²) in [6, 6.07) is 0. The van der Waals surface area contributed by atoms with Gasteiger partial charge in [0.1, 0.15) is 0 Å². The second-order valence-electron chi connectivity index (χ2n) is 6.82. The van der Waals surface area contributed by atoms with Gasteiger partial charge in [0.15, 0.2) is 0 Å². The quantitative estimate of drug-likeness (QED) is 0.189. The molecule has 256 valence electrons. The third-order valence-electron chi connectivity index (χ3n) is 3.71. The van der Waals surface area contributed by atoms with Crippen LogP contribution in [0.2, 0.25) is 0 Å². The summed E-state index contributed by atoms with van der Waals surface area (Å²) >= 11 is 0. The molecule has 0 aromatic rings. The van der Waals surface area contributed by atoms with Crippen molar-refractivity contribution < 1.29 is 128 Å². The summed E-state index contributed by atoms with van der Waals surface area (Å²) in [5.41, 5.74) is 0. The molecule has 0 unspecified atom stereocenters. The second-order valence-corrected chi connectivity index (χ2v) is 6.82. The van der Waals surface area contributed by atoms with Gasteiger partial charge in [0, 0.05) is 0 Å². The highest BCUT2D eigenvalue weighted by atomic mass is 19.4. The molecule has 0 heterocycles. The molecule has 0 aliphatic carbocycles. The van der Waals surface area contributed by atoms with Gasteiger partial charge in [0.05, 0.1) is 0 Å². The van der Waals surface area contributed by atoms with Crippen LogP contribution in [0.1, 0.15) is 0 Å². The van der Waals surface area contributed by atoms with Crippen LogP contribution in [0.3, 0.4) is 0 Å². The van der Waals surface area contributed by atoms with Crippen molar-refractivity contribution in [2.24, 2.45) is 0 Å². The SMILES string of the molecule is FC(=C(F)C(F)(F)C(F)(F)C(F)(F)OC(F)(F)F)C(F)(F)OC(F)(F)C(F)=C(F)C(F)(F)C(F)(F)C(F)(F)OC(F)(F)F. The summed E-state index contributed by atoms with van der Waals surface area (Å²) in [6.45, 7) is 0. The molecule has 0 aromatic carbocycles. The maximum atomic E-state index is 13.3. The van der Waals surface area contributed by atoms with Crippen LogP contribution in [0, 0.1) is 0 Å². The van der Waals surface area contributed by atoms with E-state index in [1.807, 2.05) is 0 Å². The van der Waals surface area contributed by atoms with Crippen molar-refractivity contribution in [2.45, 2.75) is 60.8 Å². The molecule has 0 atom stereocenters. The summed E-state index contributed by atoms with van der Waals surface area (Å²) in [6.07, 6.45) is -45.0. The number of rotatable bonds is 12. The Morgan fingerprint density at radius 1 is 0.302 bits per heavy atom. The molecule has 0 radical (unpaired) electrons. The smallest absolute Gasteiger partial charge is 0.243 e. The van der Waals surface area contributed by atoms with Crippen LogP contribution in [0.4, 0.5) is 114 Å². The zero-order chi connectivity index (χ0) is 35.4. The van der Waals surface area contributed by atoms with Crippen LogP contribution in [0.25, 0.3) is 0 Å². The fraction of sp³-hybridized carbons (Fsp3) is 0.714. The predicted octanol–water partition coefficient (Wildman–Crippen LogP) is 9.29. The van der Waals surface area contributed by atoms with Gasteiger partial charge >= 0.3 is 60.8 Å². The first-order valence-corrected chi connectivity index (χ1v) is 8.64. The molecule has 29 heteroatoms. The van der Waals surface area contributed by atoms with Gasteiger partial charge < -0.3 is 0 Å². The minimum absolute atomic E-state index is 1.17. The Bertz CT molecular complexity index is 992. The molecule has 0 N–H and O–H groups in total. The van der Waals surface area contributed by atoms with Crippen LogP contribution in [0.15, 0.2) is 23.3 Å². The molecule has 0 amide bonds. The average molecular weight is 710 g/mol. The Kier molecular flexibility index (Phi) is 10.5. The molecule has 0 rings (SSSR count). The Hall–Kier alpha value is -2.46. The standard InChI is InChI=1S/C14F26O3/c15-1(5(19,20)9(27,28)11(31,32)42-13(35,36)37)3(17)7(23,24)41-8(25,26)4(18)2(16)6(21,22)10(29,30)12(33,34)43-14(38,39)40. The molecule has 0 saturated heterocycles. The van der Waals surface area contributed by atoms with E-state index in [4.69, 9.17) is 0 Å². The number of hydrogen-bond donors (Lipinski definition) is 0. The monoisotopic (exact) mass is 710 g/mol. The topological polar surface area (TPSA) is 27.7 Å². The van der Waals surface area contributed by atoms with Crippen LogP contribution in [-0.2, 0) is 14.2 Å². The second kappa shape index (κ2) is 11.2. The number of allylic oxidation sites excluding steroid dienone is 2. The van der Waals surface area contributed by atoms with Gasteiger partial charge in [-0.3, -0.25) is 0 Å². The van der Waals surface area contributed by atoms with Crippen molar-refractivity contribution >= 4 is 0 Å². The Balaban J connectivity index is 6.77. The van der Waals surface area contributed by atoms with E-state index in [1.54, 1.807) is 0 Å². The lowest BCUT2D eigenvalue weighted by molar-refractivity contribution is -0.483. The number of halogens is 26. The Labute approximate surface area is 214 Å². The third-order valence-corrected chi connectivity index (χ3v) is 3.71. The lowest BCUT2D eigenvalue weighted by Gasteiger charge is -2.32. The predicted molar refractivity (Wildman–Crippen MR) is 73.4 cm³/mol. The molecular weight excluding hydrogens is 710 g/mol. The highest BCUT2D eigenvalue weighted by Crippen LogP contribution is 2.56. The lowest BCUT2D eigenvalue weighted by atomic mass is 10.1. The number of hydrogen-bond acceptors (Lipinski definition) is 3. The van der Waals surface area contributed by atoms with Crippen molar-refractivity contribution in [3.8, 4) is 0 Å². The summed E-state index contributed by atoms with van der Waals surface area (Å²) in [7, 11) is 0. The van der Waals surface area contributed by atoms with Crippen LogP contribution in [-0.4, -0.2) is 60.8 Å². The van der Waals surface area contributed by atoms with Gasteiger partial charge in [-0.2, -0.15) is 79.0 Å². The van der Waals surface area contributed by atoms with Crippen molar-refractivity contribution in [1.29, 1.82) is 0 Å². The molecule has 3 nitrogen and oxygen atoms in total. The van der Waals surface area contributed by atoms with Crippen LogP contribution >= 0.6 is 0 Å². The van der Waals surface area contributed by atoms with Crippen LogP contribution < -0.4 is 0 Å². The first-order valence-electron chi connectivity index (χ1n) is 8.64. The van der Waals surface area contributed by atoms with Crippen molar-refractivity contribution in [3.05, 3.63) is 23.3 Å². The van der Waals surface area contributed by atoms with Crippen molar-refractivity contribution in [3.63, 3.8) is 0 Å². The summed E-state index contributed by atoms with van der Waals surface area (Å²) in [5, 5.41) is 0. The van der Waals surface area contributed by atoms with E-state index >= 15 is 0 Å². The summed E-state index contributed by atoms with van der Waals surface area (Å²) in [5.74, 6) is -54.3. The van der Waals surface area contributed by atoms with E-state index in [0.717, 1.165) is 0 Å². The highest BCUT2D eigenvalue weighted by Gasteiger charge is 2.80. The van der Waals surface area contributed by atoms with Crippen LogP contribution in [0.5, 0.6) is 0 Å². The molecule has 0 aliphatic rings. The molecule has 0 fully saturated rings. The van der Waals surface area contributed by atoms with E-state index in [9.17, 15) is 114 Å². The Morgan fingerprint density at radius 2 is 0.512 bits per heavy atom. The summed E-state index contributed by atoms with van der Waals surface area (Å²) in [4.78, 5) is 0. The molecular formula is C14F26O3. The van der Waals surface area contributed by atoms with Gasteiger partial charge in [-0.25, -0.2) is 23.0 Å². The molecule has 0 bridgehead atoms. The van der Waals surface area contributed by atoms with E-state index < -0.39 is 84.2 Å². The average Bonchev–Trinajstić information content (AvgIpc) is 2.72. The number of alkyl halides is 22. The summed E-state index contributed by atoms with van der Waals surface area (Å²) < 4.78 is 337. The zero-order valence-electron chi connectivity index (χ0n) is 18.1. The molecule has 0 aliphatic heterocycles. The highest BCUT2D eigenvalue weighted by molar-refractivity contribution is 5.22. The first-order chi connectivity index (χ1) is 18.3. The fourth-order valence-electron chi connectivity index (χ4n) is 1.84. The molecule has 43 heavy (non-hydrogen) atoms. The Morgan fingerprint density at radius 3 is 0.698 bits per heavy atom. The van der Waals surface area contributed by atoms with Gasteiger partial charge in [0.2, 0.25) is 23.3 Å². The fourth-order valence-corrected chi connectivity index (χ4v) is 1.84.